The quantitative estimate of drug-likeness (QED) is 0.804. The van der Waals surface area contributed by atoms with Crippen LogP contribution in [-0.2, 0) is 0 Å². The third-order valence-corrected chi connectivity index (χ3v) is 4.20. The van der Waals surface area contributed by atoms with E-state index in [1.807, 2.05) is 6.07 Å². The third kappa shape index (κ3) is 4.08. The minimum atomic E-state index is 0.217. The van der Waals surface area contributed by atoms with Crippen LogP contribution in [0.25, 0.3) is 0 Å². The number of hydrogen-bond donors (Lipinski definition) is 1. The van der Waals surface area contributed by atoms with Gasteiger partial charge in [0, 0.05) is 22.1 Å². The Hall–Kier alpha value is -1.32. The van der Waals surface area contributed by atoms with Gasteiger partial charge in [-0.3, -0.25) is 0 Å². The van der Waals surface area contributed by atoms with E-state index in [0.29, 0.717) is 0 Å². The summed E-state index contributed by atoms with van der Waals surface area (Å²) in [5, 5.41) is 3.63. The first-order valence-corrected chi connectivity index (χ1v) is 7.96. The molecule has 0 aliphatic rings. The first kappa shape index (κ1) is 16.1. The summed E-state index contributed by atoms with van der Waals surface area (Å²) < 4.78 is 6.61. The van der Waals surface area contributed by atoms with Crippen LogP contribution in [0.3, 0.4) is 0 Å². The molecule has 0 aliphatic carbocycles. The van der Waals surface area contributed by atoms with Crippen molar-refractivity contribution in [2.45, 2.75) is 32.9 Å². The summed E-state index contributed by atoms with van der Waals surface area (Å²) in [4.78, 5) is 0. The number of hydrogen-bond acceptors (Lipinski definition) is 2. The highest BCUT2D eigenvalue weighted by atomic mass is 79.9. The summed E-state index contributed by atoms with van der Waals surface area (Å²) >= 11 is 3.52. The molecule has 0 aliphatic heterocycles. The summed E-state index contributed by atoms with van der Waals surface area (Å²) in [6.45, 7) is 6.43. The zero-order chi connectivity index (χ0) is 15.4. The van der Waals surface area contributed by atoms with Crippen LogP contribution in [0.1, 0.15) is 42.6 Å². The smallest absolute Gasteiger partial charge is 0.123 e. The van der Waals surface area contributed by atoms with Gasteiger partial charge in [-0.15, -0.1) is 0 Å². The molecule has 2 unspecified atom stereocenters. The highest BCUT2D eigenvalue weighted by Gasteiger charge is 2.15. The van der Waals surface area contributed by atoms with Crippen LogP contribution in [-0.4, -0.2) is 7.11 Å². The first-order chi connectivity index (χ1) is 10.0. The molecule has 21 heavy (non-hydrogen) atoms. The van der Waals surface area contributed by atoms with E-state index in [1.165, 1.54) is 16.7 Å². The van der Waals surface area contributed by atoms with Gasteiger partial charge < -0.3 is 10.1 Å². The summed E-state index contributed by atoms with van der Waals surface area (Å²) in [7, 11) is 1.72. The maximum absolute atomic E-state index is 5.51. The van der Waals surface area contributed by atoms with Crippen molar-refractivity contribution in [1.82, 2.24) is 5.32 Å². The molecule has 2 atom stereocenters. The fourth-order valence-corrected chi connectivity index (χ4v) is 2.93. The van der Waals surface area contributed by atoms with Crippen molar-refractivity contribution in [3.63, 3.8) is 0 Å². The normalized spacial score (nSPS) is 13.8. The molecule has 0 heterocycles. The largest absolute Gasteiger partial charge is 0.496 e. The molecule has 2 aromatic rings. The predicted molar refractivity (Wildman–Crippen MR) is 91.8 cm³/mol. The molecule has 0 amide bonds. The van der Waals surface area contributed by atoms with E-state index in [0.717, 1.165) is 10.2 Å². The van der Waals surface area contributed by atoms with Crippen molar-refractivity contribution < 1.29 is 4.74 Å². The predicted octanol–water partition coefficient (Wildman–Crippen LogP) is 5.18. The maximum atomic E-state index is 5.51. The van der Waals surface area contributed by atoms with Crippen LogP contribution in [0.2, 0.25) is 0 Å². The zero-order valence-corrected chi connectivity index (χ0v) is 14.6. The van der Waals surface area contributed by atoms with E-state index < -0.39 is 0 Å². The fraction of sp³-hybridized carbons (Fsp3) is 0.333. The molecular formula is C18H22BrNO. The Labute approximate surface area is 135 Å². The van der Waals surface area contributed by atoms with Crippen molar-refractivity contribution in [3.8, 4) is 5.75 Å². The molecule has 0 saturated heterocycles. The molecular weight excluding hydrogens is 326 g/mol. The van der Waals surface area contributed by atoms with Crippen molar-refractivity contribution in [2.24, 2.45) is 0 Å². The second-order valence-electron chi connectivity index (χ2n) is 5.41. The van der Waals surface area contributed by atoms with Crippen LogP contribution < -0.4 is 10.1 Å². The minimum absolute atomic E-state index is 0.217. The van der Waals surface area contributed by atoms with Gasteiger partial charge in [-0.2, -0.15) is 0 Å². The SMILES string of the molecule is COc1cc(C)ccc1C(C)NC(C)c1cccc(Br)c1. The summed E-state index contributed by atoms with van der Waals surface area (Å²) in [6.07, 6.45) is 0. The molecule has 2 rings (SSSR count). The molecule has 2 aromatic carbocycles. The monoisotopic (exact) mass is 347 g/mol. The standard InChI is InChI=1S/C18H22BrNO/c1-12-8-9-17(18(10-12)21-4)14(3)20-13(2)15-6-5-7-16(19)11-15/h5-11,13-14,20H,1-4H3. The Morgan fingerprint density at radius 3 is 2.48 bits per heavy atom. The molecule has 2 nitrogen and oxygen atoms in total. The van der Waals surface area contributed by atoms with Crippen molar-refractivity contribution in [2.75, 3.05) is 7.11 Å². The summed E-state index contributed by atoms with van der Waals surface area (Å²) in [6, 6.07) is 15.2. The van der Waals surface area contributed by atoms with Crippen LogP contribution in [0.15, 0.2) is 46.9 Å². The Kier molecular flexibility index (Phi) is 5.43. The van der Waals surface area contributed by atoms with Gasteiger partial charge in [0.15, 0.2) is 0 Å². The van der Waals surface area contributed by atoms with E-state index in [-0.39, 0.29) is 12.1 Å². The van der Waals surface area contributed by atoms with Crippen molar-refractivity contribution >= 4 is 15.9 Å². The number of methoxy groups -OCH3 is 1. The molecule has 0 fully saturated rings. The Balaban J connectivity index is 2.16. The third-order valence-electron chi connectivity index (χ3n) is 3.70. The molecule has 0 radical (unpaired) electrons. The average molecular weight is 348 g/mol. The van der Waals surface area contributed by atoms with Gasteiger partial charge in [-0.25, -0.2) is 0 Å². The zero-order valence-electron chi connectivity index (χ0n) is 13.0. The number of ether oxygens (including phenoxy) is 1. The van der Waals surface area contributed by atoms with Crippen LogP contribution in [0.4, 0.5) is 0 Å². The molecule has 3 heteroatoms. The molecule has 0 bridgehead atoms. The molecule has 0 saturated carbocycles. The number of halogens is 1. The second kappa shape index (κ2) is 7.10. The first-order valence-electron chi connectivity index (χ1n) is 7.17. The Morgan fingerprint density at radius 2 is 1.81 bits per heavy atom. The van der Waals surface area contributed by atoms with Gasteiger partial charge in [0.2, 0.25) is 0 Å². The number of aryl methyl sites for hydroxylation is 1. The minimum Gasteiger partial charge on any atom is -0.496 e. The van der Waals surface area contributed by atoms with Gasteiger partial charge >= 0.3 is 0 Å². The highest BCUT2D eigenvalue weighted by Crippen LogP contribution is 2.28. The topological polar surface area (TPSA) is 21.3 Å². The molecule has 1 N–H and O–H groups in total. The van der Waals surface area contributed by atoms with E-state index in [2.05, 4.69) is 78.4 Å². The number of benzene rings is 2. The lowest BCUT2D eigenvalue weighted by Crippen LogP contribution is -2.23. The lowest BCUT2D eigenvalue weighted by Gasteiger charge is -2.22. The fourth-order valence-electron chi connectivity index (χ4n) is 2.51. The van der Waals surface area contributed by atoms with E-state index >= 15 is 0 Å². The van der Waals surface area contributed by atoms with E-state index in [4.69, 9.17) is 4.74 Å². The van der Waals surface area contributed by atoms with Gasteiger partial charge in [-0.1, -0.05) is 40.2 Å². The van der Waals surface area contributed by atoms with Gasteiger partial charge in [0.25, 0.3) is 0 Å². The Morgan fingerprint density at radius 1 is 1.05 bits per heavy atom. The lowest BCUT2D eigenvalue weighted by atomic mass is 10.0. The van der Waals surface area contributed by atoms with Gasteiger partial charge in [0.1, 0.15) is 5.75 Å². The average Bonchev–Trinajstić information content (AvgIpc) is 2.46. The molecule has 0 aromatic heterocycles. The highest BCUT2D eigenvalue weighted by molar-refractivity contribution is 9.10. The summed E-state index contributed by atoms with van der Waals surface area (Å²) in [5.74, 6) is 0.941. The molecule has 112 valence electrons. The molecule has 0 spiro atoms. The van der Waals surface area contributed by atoms with Gasteiger partial charge in [-0.05, 0) is 50.1 Å². The second-order valence-corrected chi connectivity index (χ2v) is 6.33. The Bertz CT molecular complexity index is 612. The van der Waals surface area contributed by atoms with E-state index in [9.17, 15) is 0 Å². The van der Waals surface area contributed by atoms with E-state index in [1.54, 1.807) is 7.11 Å². The maximum Gasteiger partial charge on any atom is 0.123 e. The summed E-state index contributed by atoms with van der Waals surface area (Å²) in [5.41, 5.74) is 3.66. The van der Waals surface area contributed by atoms with Crippen molar-refractivity contribution in [1.29, 1.82) is 0 Å². The van der Waals surface area contributed by atoms with Crippen LogP contribution >= 0.6 is 15.9 Å². The lowest BCUT2D eigenvalue weighted by molar-refractivity contribution is 0.396. The van der Waals surface area contributed by atoms with Gasteiger partial charge in [0.05, 0.1) is 7.11 Å². The number of nitrogens with one attached hydrogen (secondary N) is 1. The number of rotatable bonds is 5. The van der Waals surface area contributed by atoms with Crippen LogP contribution in [0.5, 0.6) is 5.75 Å². The van der Waals surface area contributed by atoms with Crippen molar-refractivity contribution in [3.05, 3.63) is 63.6 Å². The van der Waals surface area contributed by atoms with Crippen LogP contribution in [0, 0.1) is 6.92 Å².